The van der Waals surface area contributed by atoms with Gasteiger partial charge in [-0.3, -0.25) is 9.59 Å². The molecule has 1 atom stereocenters. The second-order valence-corrected chi connectivity index (χ2v) is 6.45. The lowest BCUT2D eigenvalue weighted by atomic mass is 9.98. The molecule has 1 heterocycles. The first-order valence-corrected chi connectivity index (χ1v) is 7.95. The highest BCUT2D eigenvalue weighted by molar-refractivity contribution is 6.09. The van der Waals surface area contributed by atoms with Gasteiger partial charge in [-0.2, -0.15) is 0 Å². The Balaban J connectivity index is 1.94. The molecule has 0 spiro atoms. The molecule has 0 aliphatic heterocycles. The van der Waals surface area contributed by atoms with E-state index in [4.69, 9.17) is 9.84 Å². The highest BCUT2D eigenvalue weighted by Crippen LogP contribution is 2.26. The number of carbonyl (C=O) groups is 2. The molecule has 0 radical (unpaired) electrons. The van der Waals surface area contributed by atoms with Crippen molar-refractivity contribution < 1.29 is 19.4 Å². The van der Waals surface area contributed by atoms with Gasteiger partial charge in [0.1, 0.15) is 5.69 Å². The number of methoxy groups -OCH3 is 1. The van der Waals surface area contributed by atoms with Crippen LogP contribution in [0.2, 0.25) is 0 Å². The van der Waals surface area contributed by atoms with Gasteiger partial charge in [0, 0.05) is 18.0 Å². The lowest BCUT2D eigenvalue weighted by Crippen LogP contribution is -2.50. The molecule has 0 saturated carbocycles. The topological polar surface area (TPSA) is 91.4 Å². The number of aliphatic carboxylic acids is 1. The summed E-state index contributed by atoms with van der Waals surface area (Å²) in [4.78, 5) is 26.8. The second kappa shape index (κ2) is 6.57. The number of aromatic nitrogens is 1. The first kappa shape index (κ1) is 17.0. The van der Waals surface area contributed by atoms with E-state index in [2.05, 4.69) is 10.3 Å². The van der Waals surface area contributed by atoms with E-state index in [1.807, 2.05) is 36.4 Å². The summed E-state index contributed by atoms with van der Waals surface area (Å²) in [7, 11) is 1.47. The van der Waals surface area contributed by atoms with Crippen LogP contribution in [0.25, 0.3) is 21.7 Å². The molecule has 0 fully saturated rings. The van der Waals surface area contributed by atoms with Crippen molar-refractivity contribution in [3.63, 3.8) is 0 Å². The summed E-state index contributed by atoms with van der Waals surface area (Å²) in [6, 6.07) is 13.7. The Morgan fingerprint density at radius 3 is 2.68 bits per heavy atom. The molecule has 3 rings (SSSR count). The predicted molar refractivity (Wildman–Crippen MR) is 95.8 cm³/mol. The van der Waals surface area contributed by atoms with E-state index in [0.29, 0.717) is 5.69 Å². The van der Waals surface area contributed by atoms with Crippen LogP contribution >= 0.6 is 0 Å². The molecular weight excluding hydrogens is 320 g/mol. The van der Waals surface area contributed by atoms with Crippen LogP contribution in [-0.2, 0) is 9.53 Å². The van der Waals surface area contributed by atoms with Crippen molar-refractivity contribution >= 4 is 33.6 Å². The smallest absolute Gasteiger partial charge is 0.305 e. The number of amides is 1. The minimum absolute atomic E-state index is 0.105. The molecule has 6 heteroatoms. The van der Waals surface area contributed by atoms with E-state index in [1.54, 1.807) is 13.0 Å². The Morgan fingerprint density at radius 2 is 1.96 bits per heavy atom. The number of hydrogen-bond donors (Lipinski definition) is 3. The van der Waals surface area contributed by atoms with Gasteiger partial charge in [-0.1, -0.05) is 30.3 Å². The van der Waals surface area contributed by atoms with Crippen molar-refractivity contribution in [1.82, 2.24) is 10.3 Å². The molecule has 130 valence electrons. The molecule has 0 saturated heterocycles. The number of carbonyl (C=O) groups excluding carboxylic acids is 1. The van der Waals surface area contributed by atoms with Gasteiger partial charge in [-0.25, -0.2) is 0 Å². The Labute approximate surface area is 144 Å². The van der Waals surface area contributed by atoms with E-state index in [1.165, 1.54) is 7.11 Å². The van der Waals surface area contributed by atoms with Crippen LogP contribution in [0.1, 0.15) is 23.8 Å². The summed E-state index contributed by atoms with van der Waals surface area (Å²) >= 11 is 0. The average molecular weight is 340 g/mol. The summed E-state index contributed by atoms with van der Waals surface area (Å²) < 4.78 is 5.07. The number of fused-ring (bicyclic) bond motifs is 3. The first-order chi connectivity index (χ1) is 11.9. The fourth-order valence-electron chi connectivity index (χ4n) is 3.13. The Bertz CT molecular complexity index is 947. The largest absolute Gasteiger partial charge is 0.481 e. The molecular formula is C19H20N2O4. The van der Waals surface area contributed by atoms with Crippen molar-refractivity contribution in [1.29, 1.82) is 0 Å². The molecule has 1 amide bonds. The minimum Gasteiger partial charge on any atom is -0.481 e. The lowest BCUT2D eigenvalue weighted by molar-refractivity contribution is -0.139. The minimum atomic E-state index is -0.998. The normalized spacial score (nSPS) is 13.7. The fourth-order valence-corrected chi connectivity index (χ4v) is 3.13. The summed E-state index contributed by atoms with van der Waals surface area (Å²) in [6.45, 7) is 1.76. The lowest BCUT2D eigenvalue weighted by Gasteiger charge is -2.28. The van der Waals surface area contributed by atoms with Gasteiger partial charge in [0.2, 0.25) is 0 Å². The number of nitrogens with one attached hydrogen (secondary N) is 2. The molecule has 2 aromatic carbocycles. The summed E-state index contributed by atoms with van der Waals surface area (Å²) in [5.41, 5.74) is 0.256. The first-order valence-electron chi connectivity index (χ1n) is 7.95. The standard InChI is InChI=1S/C19H20N2O4/c1-19(11-25-2,10-17(22)23)21-18(24)16-9-14-13-6-4-3-5-12(13)7-8-15(14)20-16/h3-9,20H,10-11H2,1-2H3,(H,21,24)(H,22,23). The van der Waals surface area contributed by atoms with Crippen LogP contribution in [0, 0.1) is 0 Å². The maximum absolute atomic E-state index is 12.6. The van der Waals surface area contributed by atoms with E-state index in [-0.39, 0.29) is 18.9 Å². The highest BCUT2D eigenvalue weighted by atomic mass is 16.5. The molecule has 25 heavy (non-hydrogen) atoms. The quantitative estimate of drug-likeness (QED) is 0.643. The summed E-state index contributed by atoms with van der Waals surface area (Å²) in [6.07, 6.45) is -0.226. The number of hydrogen-bond acceptors (Lipinski definition) is 3. The molecule has 0 aliphatic carbocycles. The van der Waals surface area contributed by atoms with E-state index in [0.717, 1.165) is 21.7 Å². The third-order valence-corrected chi connectivity index (χ3v) is 4.19. The Hall–Kier alpha value is -2.86. The van der Waals surface area contributed by atoms with Gasteiger partial charge in [0.15, 0.2) is 0 Å². The van der Waals surface area contributed by atoms with Crippen LogP contribution < -0.4 is 5.32 Å². The number of H-pyrrole nitrogens is 1. The third-order valence-electron chi connectivity index (χ3n) is 4.19. The SMILES string of the molecule is COCC(C)(CC(=O)O)NC(=O)c1cc2c(ccc3ccccc32)[nH]1. The van der Waals surface area contributed by atoms with Gasteiger partial charge in [0.25, 0.3) is 5.91 Å². The molecule has 3 N–H and O–H groups in total. The molecule has 6 nitrogen and oxygen atoms in total. The number of benzene rings is 2. The van der Waals surface area contributed by atoms with E-state index < -0.39 is 11.5 Å². The van der Waals surface area contributed by atoms with Crippen LogP contribution in [0.3, 0.4) is 0 Å². The predicted octanol–water partition coefficient (Wildman–Crippen LogP) is 2.93. The van der Waals surface area contributed by atoms with E-state index in [9.17, 15) is 9.59 Å². The number of rotatable bonds is 6. The van der Waals surface area contributed by atoms with Crippen molar-refractivity contribution in [3.8, 4) is 0 Å². The van der Waals surface area contributed by atoms with Crippen LogP contribution in [0.15, 0.2) is 42.5 Å². The Morgan fingerprint density at radius 1 is 1.20 bits per heavy atom. The molecule has 0 bridgehead atoms. The van der Waals surface area contributed by atoms with Gasteiger partial charge >= 0.3 is 5.97 Å². The van der Waals surface area contributed by atoms with Crippen molar-refractivity contribution in [2.75, 3.05) is 13.7 Å². The van der Waals surface area contributed by atoms with Crippen molar-refractivity contribution in [2.24, 2.45) is 0 Å². The third kappa shape index (κ3) is 3.49. The van der Waals surface area contributed by atoms with Gasteiger partial charge in [-0.15, -0.1) is 0 Å². The van der Waals surface area contributed by atoms with E-state index >= 15 is 0 Å². The number of aromatic amines is 1. The summed E-state index contributed by atoms with van der Waals surface area (Å²) in [5.74, 6) is -1.36. The van der Waals surface area contributed by atoms with Crippen LogP contribution in [-0.4, -0.2) is 41.2 Å². The Kier molecular flexibility index (Phi) is 4.46. The monoisotopic (exact) mass is 340 g/mol. The number of ether oxygens (including phenoxy) is 1. The van der Waals surface area contributed by atoms with Gasteiger partial charge < -0.3 is 20.1 Å². The number of carboxylic acid groups (broad SMARTS) is 1. The highest BCUT2D eigenvalue weighted by Gasteiger charge is 2.30. The molecule has 1 aromatic heterocycles. The zero-order valence-corrected chi connectivity index (χ0v) is 14.1. The van der Waals surface area contributed by atoms with Crippen molar-refractivity contribution in [3.05, 3.63) is 48.2 Å². The second-order valence-electron chi connectivity index (χ2n) is 6.45. The fraction of sp³-hybridized carbons (Fsp3) is 0.263. The molecule has 0 aliphatic rings. The van der Waals surface area contributed by atoms with Crippen molar-refractivity contribution in [2.45, 2.75) is 18.9 Å². The van der Waals surface area contributed by atoms with Gasteiger partial charge in [0.05, 0.1) is 18.6 Å². The van der Waals surface area contributed by atoms with Crippen LogP contribution in [0.5, 0.6) is 0 Å². The van der Waals surface area contributed by atoms with Gasteiger partial charge in [-0.05, 0) is 29.8 Å². The summed E-state index contributed by atoms with van der Waals surface area (Å²) in [5, 5.41) is 15.0. The molecule has 3 aromatic rings. The zero-order valence-electron chi connectivity index (χ0n) is 14.1. The maximum atomic E-state index is 12.6. The molecule has 1 unspecified atom stereocenters. The average Bonchev–Trinajstić information content (AvgIpc) is 2.98. The van der Waals surface area contributed by atoms with Crippen LogP contribution in [0.4, 0.5) is 0 Å². The number of carboxylic acids is 1. The zero-order chi connectivity index (χ0) is 18.0. The maximum Gasteiger partial charge on any atom is 0.305 e.